The number of nitrogens with zero attached hydrogens (tertiary/aromatic N) is 2. The van der Waals surface area contributed by atoms with E-state index in [1.807, 2.05) is 0 Å². The minimum Gasteiger partial charge on any atom is -0.464 e. The highest BCUT2D eigenvalue weighted by Crippen LogP contribution is 2.50. The van der Waals surface area contributed by atoms with Crippen molar-refractivity contribution in [3.05, 3.63) is 18.0 Å². The van der Waals surface area contributed by atoms with Crippen molar-refractivity contribution >= 4 is 11.9 Å². The number of ether oxygens (including phenoxy) is 3. The molecule has 3 aliphatic rings. The van der Waals surface area contributed by atoms with E-state index in [2.05, 4.69) is 10.4 Å². The molecule has 31 heavy (non-hydrogen) atoms. The molecule has 2 aliphatic carbocycles. The van der Waals surface area contributed by atoms with Gasteiger partial charge in [0.25, 0.3) is 5.91 Å². The molecule has 1 amide bonds. The molecule has 1 aromatic rings. The number of nitrogens with one attached hydrogen (secondary N) is 1. The van der Waals surface area contributed by atoms with Crippen molar-refractivity contribution in [1.82, 2.24) is 15.1 Å². The molecule has 0 radical (unpaired) electrons. The minimum absolute atomic E-state index is 0.110. The van der Waals surface area contributed by atoms with Crippen molar-refractivity contribution in [3.8, 4) is 0 Å². The third kappa shape index (κ3) is 6.07. The van der Waals surface area contributed by atoms with Crippen molar-refractivity contribution in [3.63, 3.8) is 0 Å². The molecular weight excluding hydrogens is 398 g/mol. The van der Waals surface area contributed by atoms with Gasteiger partial charge < -0.3 is 19.5 Å². The van der Waals surface area contributed by atoms with Crippen LogP contribution in [0.4, 0.5) is 0 Å². The van der Waals surface area contributed by atoms with Crippen LogP contribution in [0.1, 0.15) is 68.8 Å². The second kappa shape index (κ2) is 10.6. The molecule has 2 heterocycles. The van der Waals surface area contributed by atoms with E-state index in [-0.39, 0.29) is 24.1 Å². The molecule has 1 aliphatic heterocycles. The summed E-state index contributed by atoms with van der Waals surface area (Å²) in [6.45, 7) is 4.01. The number of amides is 1. The fourth-order valence-corrected chi connectivity index (χ4v) is 4.63. The summed E-state index contributed by atoms with van der Waals surface area (Å²) in [6, 6.07) is 1.12. The van der Waals surface area contributed by atoms with E-state index in [1.165, 1.54) is 0 Å². The number of hydrogen-bond donors (Lipinski definition) is 1. The molecule has 1 aromatic heterocycles. The lowest BCUT2D eigenvalue weighted by Crippen LogP contribution is -2.48. The predicted molar refractivity (Wildman–Crippen MR) is 113 cm³/mol. The van der Waals surface area contributed by atoms with Crippen molar-refractivity contribution < 1.29 is 23.8 Å². The van der Waals surface area contributed by atoms with E-state index in [0.29, 0.717) is 37.3 Å². The Labute approximate surface area is 184 Å². The Bertz CT molecular complexity index is 725. The molecule has 172 valence electrons. The average molecular weight is 434 g/mol. The van der Waals surface area contributed by atoms with Crippen LogP contribution in [-0.4, -0.2) is 53.8 Å². The second-order valence-corrected chi connectivity index (χ2v) is 8.92. The lowest BCUT2D eigenvalue weighted by molar-refractivity contribution is -0.163. The Morgan fingerprint density at radius 1 is 1.23 bits per heavy atom. The Balaban J connectivity index is 1.33. The van der Waals surface area contributed by atoms with E-state index in [0.717, 1.165) is 58.0 Å². The maximum absolute atomic E-state index is 13.1. The minimum atomic E-state index is -0.581. The van der Waals surface area contributed by atoms with Crippen LogP contribution in [0.2, 0.25) is 0 Å². The van der Waals surface area contributed by atoms with Crippen LogP contribution in [0.25, 0.3) is 0 Å². The zero-order chi connectivity index (χ0) is 21.6. The van der Waals surface area contributed by atoms with Gasteiger partial charge in [0.15, 0.2) is 6.29 Å². The number of aryl methyl sites for hydroxylation is 1. The van der Waals surface area contributed by atoms with Crippen LogP contribution in [0.15, 0.2) is 12.3 Å². The molecule has 8 nitrogen and oxygen atoms in total. The third-order valence-electron chi connectivity index (χ3n) is 6.45. The SMILES string of the molecule is CCOC(=O)[C@@H](NC(=O)c1ccnn1CCCOC1CCCCO1)C(C1CC1)C1CC1. The Kier molecular flexibility index (Phi) is 7.61. The third-order valence-corrected chi connectivity index (χ3v) is 6.45. The van der Waals surface area contributed by atoms with Crippen LogP contribution in [0.3, 0.4) is 0 Å². The first-order chi connectivity index (χ1) is 15.2. The quantitative estimate of drug-likeness (QED) is 0.403. The Hall–Kier alpha value is -1.93. The lowest BCUT2D eigenvalue weighted by Gasteiger charge is -2.26. The number of aromatic nitrogens is 2. The Morgan fingerprint density at radius 3 is 2.65 bits per heavy atom. The van der Waals surface area contributed by atoms with Crippen molar-refractivity contribution in [1.29, 1.82) is 0 Å². The summed E-state index contributed by atoms with van der Waals surface area (Å²) < 4.78 is 18.4. The molecule has 2 saturated carbocycles. The molecule has 0 spiro atoms. The number of carbonyl (C=O) groups is 2. The van der Waals surface area contributed by atoms with Gasteiger partial charge in [-0.2, -0.15) is 5.10 Å². The monoisotopic (exact) mass is 433 g/mol. The van der Waals surface area contributed by atoms with Crippen molar-refractivity contribution in [2.45, 2.75) is 77.2 Å². The summed E-state index contributed by atoms with van der Waals surface area (Å²) in [7, 11) is 0. The van der Waals surface area contributed by atoms with Gasteiger partial charge in [-0.15, -0.1) is 0 Å². The van der Waals surface area contributed by atoms with Crippen LogP contribution in [0.5, 0.6) is 0 Å². The van der Waals surface area contributed by atoms with Gasteiger partial charge in [-0.25, -0.2) is 4.79 Å². The highest BCUT2D eigenvalue weighted by Gasteiger charge is 2.49. The van der Waals surface area contributed by atoms with Crippen molar-refractivity contribution in [2.75, 3.05) is 19.8 Å². The van der Waals surface area contributed by atoms with Gasteiger partial charge in [0.1, 0.15) is 11.7 Å². The molecule has 1 unspecified atom stereocenters. The summed E-state index contributed by atoms with van der Waals surface area (Å²) in [5.74, 6) is 0.644. The molecule has 0 aromatic carbocycles. The summed E-state index contributed by atoms with van der Waals surface area (Å²) >= 11 is 0. The van der Waals surface area contributed by atoms with Crippen LogP contribution < -0.4 is 5.32 Å². The molecular formula is C23H35N3O5. The zero-order valence-corrected chi connectivity index (χ0v) is 18.5. The van der Waals surface area contributed by atoms with Gasteiger partial charge in [-0.1, -0.05) is 0 Å². The number of rotatable bonds is 12. The summed E-state index contributed by atoms with van der Waals surface area (Å²) in [5.41, 5.74) is 0.466. The first-order valence-corrected chi connectivity index (χ1v) is 11.9. The summed E-state index contributed by atoms with van der Waals surface area (Å²) in [5, 5.41) is 7.31. The van der Waals surface area contributed by atoms with Crippen LogP contribution >= 0.6 is 0 Å². The highest BCUT2D eigenvalue weighted by atomic mass is 16.7. The number of esters is 1. The number of carbonyl (C=O) groups excluding carboxylic acids is 2. The molecule has 1 N–H and O–H groups in total. The van der Waals surface area contributed by atoms with Gasteiger partial charge in [0, 0.05) is 19.3 Å². The van der Waals surface area contributed by atoms with Crippen molar-refractivity contribution in [2.24, 2.45) is 17.8 Å². The maximum Gasteiger partial charge on any atom is 0.328 e. The zero-order valence-electron chi connectivity index (χ0n) is 18.5. The van der Waals surface area contributed by atoms with E-state index >= 15 is 0 Å². The van der Waals surface area contributed by atoms with E-state index < -0.39 is 6.04 Å². The first-order valence-electron chi connectivity index (χ1n) is 11.9. The molecule has 1 saturated heterocycles. The fourth-order valence-electron chi connectivity index (χ4n) is 4.63. The first kappa shape index (κ1) is 22.3. The molecule has 3 fully saturated rings. The standard InChI is InChI=1S/C23H35N3O5/c1-2-29-23(28)21(20(16-7-8-16)17-9-10-17)25-22(27)18-11-12-24-26(18)13-5-15-31-19-6-3-4-14-30-19/h11-12,16-17,19-21H,2-10,13-15H2,1H3,(H,25,27)/t19?,21-/m0/s1. The smallest absolute Gasteiger partial charge is 0.328 e. The van der Waals surface area contributed by atoms with Gasteiger partial charge >= 0.3 is 5.97 Å². The summed E-state index contributed by atoms with van der Waals surface area (Å²) in [6.07, 6.45) is 9.96. The second-order valence-electron chi connectivity index (χ2n) is 8.92. The molecule has 2 atom stereocenters. The highest BCUT2D eigenvalue weighted by molar-refractivity contribution is 5.95. The number of hydrogen-bond acceptors (Lipinski definition) is 6. The van der Waals surface area contributed by atoms with Crippen LogP contribution in [0, 0.1) is 17.8 Å². The fraction of sp³-hybridized carbons (Fsp3) is 0.783. The van der Waals surface area contributed by atoms with Gasteiger partial charge in [0.2, 0.25) is 0 Å². The van der Waals surface area contributed by atoms with E-state index in [9.17, 15) is 9.59 Å². The summed E-state index contributed by atoms with van der Waals surface area (Å²) in [4.78, 5) is 25.8. The molecule has 8 heteroatoms. The predicted octanol–water partition coefficient (Wildman–Crippen LogP) is 2.91. The topological polar surface area (TPSA) is 91.7 Å². The maximum atomic E-state index is 13.1. The van der Waals surface area contributed by atoms with Gasteiger partial charge in [-0.3, -0.25) is 9.48 Å². The van der Waals surface area contributed by atoms with Crippen LogP contribution in [-0.2, 0) is 25.5 Å². The van der Waals surface area contributed by atoms with Gasteiger partial charge in [0.05, 0.1) is 13.2 Å². The molecule has 4 rings (SSSR count). The normalized spacial score (nSPS) is 22.3. The van der Waals surface area contributed by atoms with E-state index in [1.54, 1.807) is 23.9 Å². The average Bonchev–Trinajstić information content (AvgIpc) is 3.72. The van der Waals surface area contributed by atoms with E-state index in [4.69, 9.17) is 14.2 Å². The largest absolute Gasteiger partial charge is 0.464 e. The lowest BCUT2D eigenvalue weighted by atomic mass is 9.89. The van der Waals surface area contributed by atoms with Gasteiger partial charge in [-0.05, 0) is 82.1 Å². The Morgan fingerprint density at radius 2 is 2.00 bits per heavy atom. The molecule has 0 bridgehead atoms.